The molecular formula is C23H30N4O5. The number of dihydropyridines is 1. The van der Waals surface area contributed by atoms with Crippen LogP contribution in [0.2, 0.25) is 0 Å². The molecular weight excluding hydrogens is 412 g/mol. The third kappa shape index (κ3) is 5.34. The number of rotatable bonds is 8. The molecule has 1 fully saturated rings. The predicted octanol–water partition coefficient (Wildman–Crippen LogP) is 4.14. The van der Waals surface area contributed by atoms with Gasteiger partial charge in [0.15, 0.2) is 6.23 Å². The van der Waals surface area contributed by atoms with E-state index >= 15 is 0 Å². The Balaban J connectivity index is 1.83. The number of non-ortho nitro benzene ring substituents is 1. The molecule has 0 bridgehead atoms. The highest BCUT2D eigenvalue weighted by molar-refractivity contribution is 5.91. The Hall–Kier alpha value is -3.20. The van der Waals surface area contributed by atoms with Crippen molar-refractivity contribution in [3.05, 3.63) is 62.5 Å². The van der Waals surface area contributed by atoms with E-state index in [0.29, 0.717) is 17.7 Å². The van der Waals surface area contributed by atoms with E-state index in [1.54, 1.807) is 25.3 Å². The van der Waals surface area contributed by atoms with E-state index in [9.17, 15) is 20.0 Å². The molecule has 1 aromatic carbocycles. The zero-order valence-corrected chi connectivity index (χ0v) is 18.7. The summed E-state index contributed by atoms with van der Waals surface area (Å²) in [5.74, 6) is -1.69. The first-order chi connectivity index (χ1) is 15.3. The molecule has 0 spiro atoms. The zero-order chi connectivity index (χ0) is 23.3. The lowest BCUT2D eigenvalue weighted by Gasteiger charge is -2.31. The van der Waals surface area contributed by atoms with Crippen molar-refractivity contribution < 1.29 is 19.7 Å². The van der Waals surface area contributed by atoms with Crippen molar-refractivity contribution in [1.29, 1.82) is 0 Å². The topological polar surface area (TPSA) is 117 Å². The van der Waals surface area contributed by atoms with Crippen LogP contribution in [0, 0.1) is 10.1 Å². The number of piperidine rings is 1. The SMILES string of the molecule is CC1=C(CC=NOC(C)N2CCCCC2)C(c2cccc([N+](=O)[O-])c2)C(C(=O)O)=C(C)N1. The van der Waals surface area contributed by atoms with Gasteiger partial charge < -0.3 is 15.3 Å². The molecule has 0 amide bonds. The number of nitro groups is 1. The van der Waals surface area contributed by atoms with E-state index in [0.717, 1.165) is 37.2 Å². The van der Waals surface area contributed by atoms with Gasteiger partial charge in [0.2, 0.25) is 0 Å². The summed E-state index contributed by atoms with van der Waals surface area (Å²) in [5, 5.41) is 28.4. The molecule has 9 nitrogen and oxygen atoms in total. The number of oxime groups is 1. The van der Waals surface area contributed by atoms with Crippen molar-refractivity contribution in [2.24, 2.45) is 5.16 Å². The molecule has 9 heteroatoms. The first-order valence-electron chi connectivity index (χ1n) is 10.9. The predicted molar refractivity (Wildman–Crippen MR) is 121 cm³/mol. The molecule has 0 radical (unpaired) electrons. The number of hydrogen-bond acceptors (Lipinski definition) is 7. The number of benzene rings is 1. The number of carboxylic acid groups (broad SMARTS) is 1. The Morgan fingerprint density at radius 3 is 2.72 bits per heavy atom. The number of nitrogens with zero attached hydrogens (tertiary/aromatic N) is 3. The number of nitro benzene ring substituents is 1. The number of allylic oxidation sites excluding steroid dienone is 3. The number of carbonyl (C=O) groups is 1. The van der Waals surface area contributed by atoms with Crippen LogP contribution in [-0.4, -0.2) is 46.4 Å². The Labute approximate surface area is 187 Å². The van der Waals surface area contributed by atoms with Gasteiger partial charge in [-0.25, -0.2) is 4.79 Å². The fourth-order valence-electron chi connectivity index (χ4n) is 4.39. The molecule has 2 unspecified atom stereocenters. The van der Waals surface area contributed by atoms with Crippen LogP contribution >= 0.6 is 0 Å². The maximum absolute atomic E-state index is 12.1. The second-order valence-corrected chi connectivity index (χ2v) is 8.20. The maximum Gasteiger partial charge on any atom is 0.334 e. The van der Waals surface area contributed by atoms with Gasteiger partial charge in [-0.2, -0.15) is 0 Å². The highest BCUT2D eigenvalue weighted by Crippen LogP contribution is 2.40. The molecule has 0 aliphatic carbocycles. The van der Waals surface area contributed by atoms with Crippen LogP contribution in [0.15, 0.2) is 52.0 Å². The number of aliphatic carboxylic acids is 1. The molecule has 0 saturated carbocycles. The minimum atomic E-state index is -1.07. The van der Waals surface area contributed by atoms with E-state index in [2.05, 4.69) is 15.4 Å². The van der Waals surface area contributed by atoms with Crippen molar-refractivity contribution in [3.8, 4) is 0 Å². The van der Waals surface area contributed by atoms with Gasteiger partial charge in [0.25, 0.3) is 5.69 Å². The highest BCUT2D eigenvalue weighted by Gasteiger charge is 2.33. The van der Waals surface area contributed by atoms with Gasteiger partial charge in [-0.1, -0.05) is 23.7 Å². The Bertz CT molecular complexity index is 963. The maximum atomic E-state index is 12.1. The highest BCUT2D eigenvalue weighted by atomic mass is 16.6. The monoisotopic (exact) mass is 442 g/mol. The smallest absolute Gasteiger partial charge is 0.334 e. The summed E-state index contributed by atoms with van der Waals surface area (Å²) in [6, 6.07) is 6.13. The van der Waals surface area contributed by atoms with Crippen LogP contribution in [0.4, 0.5) is 5.69 Å². The molecule has 2 aliphatic heterocycles. The number of carboxylic acids is 1. The standard InChI is InChI=1S/C23H30N4O5/c1-15-20(10-11-24-32-17(3)26-12-5-4-6-13-26)22(21(23(28)29)16(2)25-15)18-8-7-9-19(14-18)27(30)31/h7-9,11,14,17,22,25H,4-6,10,12-13H2,1-3H3,(H,28,29). The Morgan fingerprint density at radius 2 is 2.06 bits per heavy atom. The Kier molecular flexibility index (Phi) is 7.63. The van der Waals surface area contributed by atoms with E-state index in [1.807, 2.05) is 13.8 Å². The summed E-state index contributed by atoms with van der Waals surface area (Å²) < 4.78 is 0. The molecule has 172 valence electrons. The van der Waals surface area contributed by atoms with Crippen molar-refractivity contribution in [1.82, 2.24) is 10.2 Å². The second-order valence-electron chi connectivity index (χ2n) is 8.20. The van der Waals surface area contributed by atoms with Gasteiger partial charge in [-0.3, -0.25) is 15.0 Å². The summed E-state index contributed by atoms with van der Waals surface area (Å²) in [6.45, 7) is 7.52. The minimum Gasteiger partial charge on any atom is -0.478 e. The van der Waals surface area contributed by atoms with E-state index in [4.69, 9.17) is 4.84 Å². The van der Waals surface area contributed by atoms with Gasteiger partial charge in [0.1, 0.15) is 0 Å². The summed E-state index contributed by atoms with van der Waals surface area (Å²) in [5.41, 5.74) is 2.76. The van der Waals surface area contributed by atoms with Crippen molar-refractivity contribution in [2.45, 2.75) is 58.6 Å². The fourth-order valence-corrected chi connectivity index (χ4v) is 4.39. The summed E-state index contributed by atoms with van der Waals surface area (Å²) >= 11 is 0. The molecule has 32 heavy (non-hydrogen) atoms. The largest absolute Gasteiger partial charge is 0.478 e. The van der Waals surface area contributed by atoms with Crippen LogP contribution in [-0.2, 0) is 9.63 Å². The molecule has 2 aliphatic rings. The van der Waals surface area contributed by atoms with E-state index < -0.39 is 16.8 Å². The second kappa shape index (κ2) is 10.4. The molecule has 2 N–H and O–H groups in total. The first kappa shape index (κ1) is 23.5. The van der Waals surface area contributed by atoms with Gasteiger partial charge >= 0.3 is 5.97 Å². The number of hydrogen-bond donors (Lipinski definition) is 2. The van der Waals surface area contributed by atoms with Crippen molar-refractivity contribution >= 4 is 17.9 Å². The normalized spacial score (nSPS) is 20.9. The number of likely N-dealkylation sites (tertiary alicyclic amines) is 1. The lowest BCUT2D eigenvalue weighted by Crippen LogP contribution is -2.38. The molecule has 2 heterocycles. The third-order valence-electron chi connectivity index (χ3n) is 6.05. The van der Waals surface area contributed by atoms with E-state index in [-0.39, 0.29) is 17.5 Å². The third-order valence-corrected chi connectivity index (χ3v) is 6.05. The fraction of sp³-hybridized carbons (Fsp3) is 0.478. The van der Waals surface area contributed by atoms with Crippen LogP contribution in [0.1, 0.15) is 57.9 Å². The first-order valence-corrected chi connectivity index (χ1v) is 10.9. The van der Waals surface area contributed by atoms with Crippen LogP contribution in [0.5, 0.6) is 0 Å². The average molecular weight is 443 g/mol. The zero-order valence-electron chi connectivity index (χ0n) is 18.7. The lowest BCUT2D eigenvalue weighted by molar-refractivity contribution is -0.384. The average Bonchev–Trinajstić information content (AvgIpc) is 2.77. The molecule has 3 rings (SSSR count). The van der Waals surface area contributed by atoms with E-state index in [1.165, 1.54) is 18.6 Å². The van der Waals surface area contributed by atoms with Gasteiger partial charge in [0.05, 0.1) is 10.5 Å². The quantitative estimate of drug-likeness (QED) is 0.353. The lowest BCUT2D eigenvalue weighted by atomic mass is 9.79. The van der Waals surface area contributed by atoms with Crippen LogP contribution < -0.4 is 5.32 Å². The molecule has 0 aromatic heterocycles. The van der Waals surface area contributed by atoms with Gasteiger partial charge in [-0.05, 0) is 44.7 Å². The van der Waals surface area contributed by atoms with Gasteiger partial charge in [0, 0.05) is 55.2 Å². The van der Waals surface area contributed by atoms with Crippen molar-refractivity contribution in [3.63, 3.8) is 0 Å². The molecule has 1 saturated heterocycles. The minimum absolute atomic E-state index is 0.0761. The van der Waals surface area contributed by atoms with Gasteiger partial charge in [-0.15, -0.1) is 0 Å². The summed E-state index contributed by atoms with van der Waals surface area (Å²) in [4.78, 5) is 30.8. The molecule has 1 aromatic rings. The summed E-state index contributed by atoms with van der Waals surface area (Å²) in [7, 11) is 0. The molecule has 2 atom stereocenters. The summed E-state index contributed by atoms with van der Waals surface area (Å²) in [6.07, 6.45) is 5.41. The van der Waals surface area contributed by atoms with Crippen molar-refractivity contribution in [2.75, 3.05) is 13.1 Å². The Morgan fingerprint density at radius 1 is 1.34 bits per heavy atom. The number of nitrogens with one attached hydrogen (secondary N) is 1. The van der Waals surface area contributed by atoms with Crippen LogP contribution in [0.3, 0.4) is 0 Å². The van der Waals surface area contributed by atoms with Crippen LogP contribution in [0.25, 0.3) is 0 Å².